The van der Waals surface area contributed by atoms with Crippen molar-refractivity contribution in [3.8, 4) is 0 Å². The van der Waals surface area contributed by atoms with E-state index < -0.39 is 0 Å². The molecule has 1 heterocycles. The average Bonchev–Trinajstić information content (AvgIpc) is 2.38. The highest BCUT2D eigenvalue weighted by molar-refractivity contribution is 5.48. The largest absolute Gasteiger partial charge is 0.396 e. The first-order chi connectivity index (χ1) is 8.31. The summed E-state index contributed by atoms with van der Waals surface area (Å²) < 4.78 is 0. The summed E-state index contributed by atoms with van der Waals surface area (Å²) in [5.74, 6) is 0. The number of piperidine rings is 1. The third kappa shape index (κ3) is 3.22. The van der Waals surface area contributed by atoms with Gasteiger partial charge in [0.1, 0.15) is 0 Å². The first kappa shape index (κ1) is 12.4. The number of hydrogen-bond acceptors (Lipinski definition) is 2. The maximum Gasteiger partial charge on any atom is 0.0434 e. The minimum Gasteiger partial charge on any atom is -0.396 e. The molecule has 1 aromatic carbocycles. The molecule has 0 radical (unpaired) electrons. The van der Waals surface area contributed by atoms with Crippen molar-refractivity contribution in [3.63, 3.8) is 0 Å². The molecule has 17 heavy (non-hydrogen) atoms. The molecule has 94 valence electrons. The topological polar surface area (TPSA) is 23.5 Å². The highest BCUT2D eigenvalue weighted by Crippen LogP contribution is 2.24. The Morgan fingerprint density at radius 3 is 2.65 bits per heavy atom. The fraction of sp³-hybridized carbons (Fsp3) is 0.600. The number of aliphatic hydroxyl groups is 1. The predicted octanol–water partition coefficient (Wildman–Crippen LogP) is 2.99. The zero-order chi connectivity index (χ0) is 12.1. The summed E-state index contributed by atoms with van der Waals surface area (Å²) in [5.41, 5.74) is 2.68. The second-order valence-electron chi connectivity index (χ2n) is 5.03. The Labute approximate surface area is 104 Å². The minimum atomic E-state index is 0.283. The van der Waals surface area contributed by atoms with Gasteiger partial charge < -0.3 is 10.0 Å². The van der Waals surface area contributed by atoms with Crippen LogP contribution in [0.1, 0.15) is 38.2 Å². The van der Waals surface area contributed by atoms with Gasteiger partial charge in [-0.3, -0.25) is 0 Å². The maximum atomic E-state index is 8.81. The van der Waals surface area contributed by atoms with Crippen molar-refractivity contribution in [2.24, 2.45) is 0 Å². The molecule has 1 saturated heterocycles. The van der Waals surface area contributed by atoms with E-state index in [9.17, 15) is 0 Å². The van der Waals surface area contributed by atoms with Crippen LogP contribution in [-0.2, 0) is 6.42 Å². The molecule has 0 aromatic heterocycles. The fourth-order valence-electron chi connectivity index (χ4n) is 2.62. The highest BCUT2D eigenvalue weighted by Gasteiger charge is 2.17. The molecule has 2 heteroatoms. The third-order valence-electron chi connectivity index (χ3n) is 3.69. The third-order valence-corrected chi connectivity index (χ3v) is 3.69. The number of aryl methyl sites for hydroxylation is 1. The summed E-state index contributed by atoms with van der Waals surface area (Å²) in [6.07, 6.45) is 5.83. The Morgan fingerprint density at radius 1 is 1.24 bits per heavy atom. The Hall–Kier alpha value is -1.02. The Bertz CT molecular complexity index is 333. The molecule has 2 rings (SSSR count). The van der Waals surface area contributed by atoms with Crippen LogP contribution in [0.4, 0.5) is 5.69 Å². The lowest BCUT2D eigenvalue weighted by molar-refractivity contribution is 0.288. The van der Waals surface area contributed by atoms with Gasteiger partial charge in [0.2, 0.25) is 0 Å². The van der Waals surface area contributed by atoms with E-state index in [1.165, 1.54) is 37.1 Å². The van der Waals surface area contributed by atoms with Gasteiger partial charge in [0, 0.05) is 24.9 Å². The molecule has 2 nitrogen and oxygen atoms in total. The smallest absolute Gasteiger partial charge is 0.0434 e. The monoisotopic (exact) mass is 233 g/mol. The molecule has 0 amide bonds. The number of nitrogens with zero attached hydrogens (tertiary/aromatic N) is 1. The van der Waals surface area contributed by atoms with Crippen LogP contribution in [0.5, 0.6) is 0 Å². The number of aliphatic hydroxyl groups excluding tert-OH is 1. The molecule has 1 N–H and O–H groups in total. The summed E-state index contributed by atoms with van der Waals surface area (Å²) in [4.78, 5) is 2.51. The van der Waals surface area contributed by atoms with Crippen LogP contribution in [0.15, 0.2) is 24.3 Å². The van der Waals surface area contributed by atoms with Crippen molar-refractivity contribution in [1.82, 2.24) is 0 Å². The SMILES string of the molecule is CC1CCCCN1c1ccc(CCCO)cc1. The second-order valence-corrected chi connectivity index (χ2v) is 5.03. The molecule has 1 aliphatic heterocycles. The van der Waals surface area contributed by atoms with Gasteiger partial charge in [0.25, 0.3) is 0 Å². The van der Waals surface area contributed by atoms with Crippen molar-refractivity contribution in [3.05, 3.63) is 29.8 Å². The zero-order valence-electron chi connectivity index (χ0n) is 10.7. The lowest BCUT2D eigenvalue weighted by atomic mass is 10.0. The van der Waals surface area contributed by atoms with Crippen LogP contribution in [0.2, 0.25) is 0 Å². The zero-order valence-corrected chi connectivity index (χ0v) is 10.7. The van der Waals surface area contributed by atoms with Crippen LogP contribution in [-0.4, -0.2) is 24.3 Å². The average molecular weight is 233 g/mol. The molecule has 1 aliphatic rings. The summed E-state index contributed by atoms with van der Waals surface area (Å²) in [6, 6.07) is 9.54. The van der Waals surface area contributed by atoms with Crippen molar-refractivity contribution in [2.75, 3.05) is 18.1 Å². The van der Waals surface area contributed by atoms with E-state index >= 15 is 0 Å². The normalized spacial score (nSPS) is 20.6. The molecular formula is C15H23NO. The molecular weight excluding hydrogens is 210 g/mol. The second kappa shape index (κ2) is 6.06. The lowest BCUT2D eigenvalue weighted by Gasteiger charge is -2.35. The van der Waals surface area contributed by atoms with E-state index in [2.05, 4.69) is 36.1 Å². The molecule has 1 atom stereocenters. The first-order valence-corrected chi connectivity index (χ1v) is 6.77. The van der Waals surface area contributed by atoms with E-state index in [0.717, 1.165) is 12.8 Å². The molecule has 0 bridgehead atoms. The van der Waals surface area contributed by atoms with Crippen LogP contribution >= 0.6 is 0 Å². The molecule has 0 saturated carbocycles. The van der Waals surface area contributed by atoms with Gasteiger partial charge in [-0.05, 0) is 56.7 Å². The van der Waals surface area contributed by atoms with Crippen LogP contribution in [0.25, 0.3) is 0 Å². The van der Waals surface area contributed by atoms with Crippen molar-refractivity contribution in [2.45, 2.75) is 45.1 Å². The van der Waals surface area contributed by atoms with E-state index in [-0.39, 0.29) is 6.61 Å². The highest BCUT2D eigenvalue weighted by atomic mass is 16.2. The van der Waals surface area contributed by atoms with Gasteiger partial charge in [-0.2, -0.15) is 0 Å². The van der Waals surface area contributed by atoms with Gasteiger partial charge in [0.15, 0.2) is 0 Å². The molecule has 1 fully saturated rings. The van der Waals surface area contributed by atoms with Gasteiger partial charge in [0.05, 0.1) is 0 Å². The van der Waals surface area contributed by atoms with Gasteiger partial charge >= 0.3 is 0 Å². The number of benzene rings is 1. The van der Waals surface area contributed by atoms with Gasteiger partial charge in [-0.15, -0.1) is 0 Å². The maximum absolute atomic E-state index is 8.81. The molecule has 1 unspecified atom stereocenters. The van der Waals surface area contributed by atoms with Crippen molar-refractivity contribution in [1.29, 1.82) is 0 Å². The van der Waals surface area contributed by atoms with Crippen LogP contribution in [0, 0.1) is 0 Å². The summed E-state index contributed by atoms with van der Waals surface area (Å²) >= 11 is 0. The van der Waals surface area contributed by atoms with Gasteiger partial charge in [-0.25, -0.2) is 0 Å². The Kier molecular flexibility index (Phi) is 4.43. The van der Waals surface area contributed by atoms with Crippen LogP contribution < -0.4 is 4.90 Å². The quantitative estimate of drug-likeness (QED) is 0.864. The summed E-state index contributed by atoms with van der Waals surface area (Å²) in [6.45, 7) is 3.79. The van der Waals surface area contributed by atoms with E-state index in [0.29, 0.717) is 6.04 Å². The van der Waals surface area contributed by atoms with E-state index in [4.69, 9.17) is 5.11 Å². The summed E-state index contributed by atoms with van der Waals surface area (Å²) in [7, 11) is 0. The molecule has 0 aliphatic carbocycles. The number of hydrogen-bond donors (Lipinski definition) is 1. The fourth-order valence-corrected chi connectivity index (χ4v) is 2.62. The van der Waals surface area contributed by atoms with E-state index in [1.54, 1.807) is 0 Å². The van der Waals surface area contributed by atoms with Crippen molar-refractivity contribution >= 4 is 5.69 Å². The Balaban J connectivity index is 2.01. The Morgan fingerprint density at radius 2 is 2.00 bits per heavy atom. The van der Waals surface area contributed by atoms with Crippen LogP contribution in [0.3, 0.4) is 0 Å². The standard InChI is InChI=1S/C15H23NO/c1-13-5-2-3-11-16(13)15-9-7-14(8-10-15)6-4-12-17/h7-10,13,17H,2-6,11-12H2,1H3. The predicted molar refractivity (Wildman–Crippen MR) is 72.5 cm³/mol. The number of anilines is 1. The van der Waals surface area contributed by atoms with Crippen molar-refractivity contribution < 1.29 is 5.11 Å². The minimum absolute atomic E-state index is 0.283. The number of rotatable bonds is 4. The van der Waals surface area contributed by atoms with Gasteiger partial charge in [-0.1, -0.05) is 12.1 Å². The first-order valence-electron chi connectivity index (χ1n) is 6.77. The lowest BCUT2D eigenvalue weighted by Crippen LogP contribution is -2.37. The molecule has 1 aromatic rings. The van der Waals surface area contributed by atoms with E-state index in [1.807, 2.05) is 0 Å². The summed E-state index contributed by atoms with van der Waals surface area (Å²) in [5, 5.41) is 8.81. The molecule has 0 spiro atoms.